The van der Waals surface area contributed by atoms with Crippen molar-refractivity contribution in [1.82, 2.24) is 0 Å². The van der Waals surface area contributed by atoms with E-state index in [1.54, 1.807) is 0 Å². The third kappa shape index (κ3) is 1.09. The first kappa shape index (κ1) is 7.26. The molecular weight excluding hydrogens is 181 g/mol. The molecule has 1 aliphatic heterocycles. The Balaban J connectivity index is 2.62. The number of hydrogen-bond donors (Lipinski definition) is 1. The van der Waals surface area contributed by atoms with E-state index in [-0.39, 0.29) is 0 Å². The fourth-order valence-electron chi connectivity index (χ4n) is 1.32. The normalized spacial score (nSPS) is 14.4. The molecule has 0 saturated carbocycles. The molecule has 11 heavy (non-hydrogen) atoms. The van der Waals surface area contributed by atoms with Crippen LogP contribution in [-0.2, 0) is 6.42 Å². The number of nitrogens with one attached hydrogen (secondary N) is 1. The lowest BCUT2D eigenvalue weighted by molar-refractivity contribution is 1.11. The summed E-state index contributed by atoms with van der Waals surface area (Å²) in [5, 5.41) is 4.58. The van der Waals surface area contributed by atoms with E-state index >= 15 is 0 Å². The summed E-state index contributed by atoms with van der Waals surface area (Å²) in [4.78, 5) is 0. The van der Waals surface area contributed by atoms with Gasteiger partial charge in [0, 0.05) is 12.2 Å². The molecule has 0 aromatic heterocycles. The first-order chi connectivity index (χ1) is 5.29. The van der Waals surface area contributed by atoms with Crippen molar-refractivity contribution < 1.29 is 0 Å². The zero-order chi connectivity index (χ0) is 7.84. The van der Waals surface area contributed by atoms with Gasteiger partial charge in [0.2, 0.25) is 0 Å². The molecule has 0 aliphatic carbocycles. The lowest BCUT2D eigenvalue weighted by atomic mass is 10.2. The highest BCUT2D eigenvalue weighted by Gasteiger charge is 2.14. The molecule has 1 aromatic rings. The van der Waals surface area contributed by atoms with Gasteiger partial charge >= 0.3 is 0 Å². The van der Waals surface area contributed by atoms with Crippen LogP contribution in [0.4, 0.5) is 5.69 Å². The lowest BCUT2D eigenvalue weighted by Crippen LogP contribution is -1.90. The van der Waals surface area contributed by atoms with Gasteiger partial charge in [-0.1, -0.05) is 23.2 Å². The van der Waals surface area contributed by atoms with E-state index in [0.29, 0.717) is 10.0 Å². The summed E-state index contributed by atoms with van der Waals surface area (Å²) in [6.07, 6.45) is 0.981. The van der Waals surface area contributed by atoms with Gasteiger partial charge < -0.3 is 5.32 Å². The maximum absolute atomic E-state index is 5.97. The fraction of sp³-hybridized carbons (Fsp3) is 0.250. The van der Waals surface area contributed by atoms with E-state index in [9.17, 15) is 0 Å². The van der Waals surface area contributed by atoms with E-state index in [0.717, 1.165) is 24.2 Å². The monoisotopic (exact) mass is 187 g/mol. The number of anilines is 1. The first-order valence-corrected chi connectivity index (χ1v) is 4.25. The number of fused-ring (bicyclic) bond motifs is 1. The summed E-state index contributed by atoms with van der Waals surface area (Å²) in [5.41, 5.74) is 2.28. The molecular formula is C8H7Cl2N. The van der Waals surface area contributed by atoms with Crippen LogP contribution < -0.4 is 5.32 Å². The molecule has 0 saturated heterocycles. The van der Waals surface area contributed by atoms with Gasteiger partial charge in [-0.3, -0.25) is 0 Å². The largest absolute Gasteiger partial charge is 0.384 e. The quantitative estimate of drug-likeness (QED) is 0.659. The van der Waals surface area contributed by atoms with Crippen molar-refractivity contribution in [1.29, 1.82) is 0 Å². The molecule has 1 N–H and O–H groups in total. The first-order valence-electron chi connectivity index (χ1n) is 3.50. The Morgan fingerprint density at radius 1 is 1.27 bits per heavy atom. The lowest BCUT2D eigenvalue weighted by Gasteiger charge is -2.02. The van der Waals surface area contributed by atoms with E-state index < -0.39 is 0 Å². The third-order valence-corrected chi connectivity index (χ3v) is 2.73. The summed E-state index contributed by atoms with van der Waals surface area (Å²) in [5.74, 6) is 0. The zero-order valence-corrected chi connectivity index (χ0v) is 7.34. The molecule has 1 nitrogen and oxygen atoms in total. The summed E-state index contributed by atoms with van der Waals surface area (Å²) in [6.45, 7) is 0.968. The van der Waals surface area contributed by atoms with Crippen LogP contribution in [0.3, 0.4) is 0 Å². The van der Waals surface area contributed by atoms with Gasteiger partial charge in [0.1, 0.15) is 0 Å². The Morgan fingerprint density at radius 2 is 2.09 bits per heavy atom. The standard InChI is InChI=1S/C8H7Cl2N/c9-6-1-2-7-5(8(6)10)3-4-11-7/h1-2,11H,3-4H2. The van der Waals surface area contributed by atoms with Gasteiger partial charge in [-0.25, -0.2) is 0 Å². The third-order valence-electron chi connectivity index (χ3n) is 1.89. The molecule has 1 heterocycles. The van der Waals surface area contributed by atoms with Crippen LogP contribution in [0.5, 0.6) is 0 Å². The van der Waals surface area contributed by atoms with Crippen LogP contribution >= 0.6 is 23.2 Å². The Bertz CT molecular complexity index is 296. The number of halogens is 2. The second kappa shape index (κ2) is 2.58. The van der Waals surface area contributed by atoms with E-state index in [4.69, 9.17) is 23.2 Å². The van der Waals surface area contributed by atoms with Crippen LogP contribution in [-0.4, -0.2) is 6.54 Å². The average molecular weight is 188 g/mol. The molecule has 0 spiro atoms. The number of benzene rings is 1. The number of hydrogen-bond acceptors (Lipinski definition) is 1. The van der Waals surface area contributed by atoms with Gasteiger partial charge in [-0.05, 0) is 24.1 Å². The van der Waals surface area contributed by atoms with Crippen LogP contribution in [0.1, 0.15) is 5.56 Å². The van der Waals surface area contributed by atoms with Gasteiger partial charge in [0.15, 0.2) is 0 Å². The Hall–Kier alpha value is -0.400. The van der Waals surface area contributed by atoms with Crippen LogP contribution in [0.15, 0.2) is 12.1 Å². The highest BCUT2D eigenvalue weighted by atomic mass is 35.5. The van der Waals surface area contributed by atoms with E-state index in [1.807, 2.05) is 12.1 Å². The fourth-order valence-corrected chi connectivity index (χ4v) is 1.76. The summed E-state index contributed by atoms with van der Waals surface area (Å²) >= 11 is 11.8. The molecule has 3 heteroatoms. The Morgan fingerprint density at radius 3 is 2.91 bits per heavy atom. The second-order valence-corrected chi connectivity index (χ2v) is 3.35. The second-order valence-electron chi connectivity index (χ2n) is 2.56. The van der Waals surface area contributed by atoms with Crippen molar-refractivity contribution in [2.45, 2.75) is 6.42 Å². The highest BCUT2D eigenvalue weighted by molar-refractivity contribution is 6.42. The maximum Gasteiger partial charge on any atom is 0.0645 e. The van der Waals surface area contributed by atoms with Crippen molar-refractivity contribution in [3.8, 4) is 0 Å². The zero-order valence-electron chi connectivity index (χ0n) is 5.82. The van der Waals surface area contributed by atoms with Gasteiger partial charge in [-0.2, -0.15) is 0 Å². The minimum Gasteiger partial charge on any atom is -0.384 e. The molecule has 0 atom stereocenters. The summed E-state index contributed by atoms with van der Waals surface area (Å²) < 4.78 is 0. The molecule has 0 radical (unpaired) electrons. The summed E-state index contributed by atoms with van der Waals surface area (Å²) in [7, 11) is 0. The van der Waals surface area contributed by atoms with Crippen molar-refractivity contribution in [3.05, 3.63) is 27.7 Å². The van der Waals surface area contributed by atoms with E-state index in [1.165, 1.54) is 0 Å². The minimum absolute atomic E-state index is 0.647. The van der Waals surface area contributed by atoms with Gasteiger partial charge in [-0.15, -0.1) is 0 Å². The average Bonchev–Trinajstić information content (AvgIpc) is 2.45. The Labute approximate surface area is 75.3 Å². The van der Waals surface area contributed by atoms with E-state index in [2.05, 4.69) is 5.32 Å². The minimum atomic E-state index is 0.647. The predicted octanol–water partition coefficient (Wildman–Crippen LogP) is 2.96. The molecule has 0 bridgehead atoms. The van der Waals surface area contributed by atoms with Gasteiger partial charge in [0.05, 0.1) is 10.0 Å². The SMILES string of the molecule is Clc1ccc2c(c1Cl)CCN2. The summed E-state index contributed by atoms with van der Waals surface area (Å²) in [6, 6.07) is 3.79. The van der Waals surface area contributed by atoms with Crippen molar-refractivity contribution >= 4 is 28.9 Å². The van der Waals surface area contributed by atoms with Crippen molar-refractivity contribution in [2.24, 2.45) is 0 Å². The van der Waals surface area contributed by atoms with Crippen molar-refractivity contribution in [2.75, 3.05) is 11.9 Å². The predicted molar refractivity (Wildman–Crippen MR) is 48.7 cm³/mol. The van der Waals surface area contributed by atoms with Crippen LogP contribution in [0, 0.1) is 0 Å². The highest BCUT2D eigenvalue weighted by Crippen LogP contribution is 2.34. The molecule has 2 rings (SSSR count). The Kier molecular flexibility index (Phi) is 1.70. The smallest absolute Gasteiger partial charge is 0.0645 e. The molecule has 58 valence electrons. The maximum atomic E-state index is 5.97. The van der Waals surface area contributed by atoms with Gasteiger partial charge in [0.25, 0.3) is 0 Å². The molecule has 1 aliphatic rings. The van der Waals surface area contributed by atoms with Crippen molar-refractivity contribution in [3.63, 3.8) is 0 Å². The van der Waals surface area contributed by atoms with Crippen LogP contribution in [0.2, 0.25) is 10.0 Å². The topological polar surface area (TPSA) is 12.0 Å². The molecule has 0 amide bonds. The molecule has 1 aromatic carbocycles. The molecule has 0 unspecified atom stereocenters. The van der Waals surface area contributed by atoms with Crippen LogP contribution in [0.25, 0.3) is 0 Å². The number of rotatable bonds is 0. The molecule has 0 fully saturated rings.